The first kappa shape index (κ1) is 23.7. The third-order valence-corrected chi connectivity index (χ3v) is 6.09. The minimum atomic E-state index is -1.22. The van der Waals surface area contributed by atoms with Crippen molar-refractivity contribution in [2.45, 2.75) is 5.92 Å². The lowest BCUT2D eigenvalue weighted by Gasteiger charge is -2.30. The molecule has 164 valence electrons. The van der Waals surface area contributed by atoms with Crippen LogP contribution in [0.1, 0.15) is 11.5 Å². The fraction of sp³-hybridized carbons (Fsp3) is 0.182. The molecule has 32 heavy (non-hydrogen) atoms. The topological polar surface area (TPSA) is 108 Å². The molecule has 0 radical (unpaired) electrons. The van der Waals surface area contributed by atoms with E-state index in [0.29, 0.717) is 21.3 Å². The number of esters is 1. The minimum absolute atomic E-state index is 0.102. The van der Waals surface area contributed by atoms with Gasteiger partial charge in [-0.3, -0.25) is 14.4 Å². The molecule has 2 atom stereocenters. The Bertz CT molecular complexity index is 1110. The fourth-order valence-corrected chi connectivity index (χ4v) is 4.68. The second-order valence-electron chi connectivity index (χ2n) is 6.73. The van der Waals surface area contributed by atoms with Gasteiger partial charge in [-0.2, -0.15) is 5.26 Å². The number of nitriles is 1. The molecule has 0 fully saturated rings. The normalized spacial score (nSPS) is 17.9. The molecule has 10 heteroatoms. The van der Waals surface area contributed by atoms with Crippen LogP contribution in [-0.2, 0) is 19.1 Å². The number of nitrogens with zero attached hydrogens (tertiary/aromatic N) is 1. The van der Waals surface area contributed by atoms with E-state index in [0.717, 1.165) is 11.8 Å². The maximum Gasteiger partial charge on any atom is 0.319 e. The van der Waals surface area contributed by atoms with Crippen molar-refractivity contribution < 1.29 is 19.1 Å². The number of thioether (sulfide) groups is 1. The zero-order valence-corrected chi connectivity index (χ0v) is 19.1. The van der Waals surface area contributed by atoms with Crippen LogP contribution in [0.3, 0.4) is 0 Å². The highest BCUT2D eigenvalue weighted by atomic mass is 35.5. The summed E-state index contributed by atoms with van der Waals surface area (Å²) in [4.78, 5) is 37.5. The Balaban J connectivity index is 1.86. The highest BCUT2D eigenvalue weighted by Gasteiger charge is 2.44. The lowest BCUT2D eigenvalue weighted by atomic mass is 9.78. The van der Waals surface area contributed by atoms with Crippen molar-refractivity contribution in [2.75, 3.05) is 18.2 Å². The van der Waals surface area contributed by atoms with Gasteiger partial charge in [0.25, 0.3) is 0 Å². The van der Waals surface area contributed by atoms with Crippen molar-refractivity contribution in [3.8, 4) is 6.07 Å². The Kier molecular flexibility index (Phi) is 7.80. The van der Waals surface area contributed by atoms with Crippen LogP contribution < -0.4 is 10.6 Å². The SMILES string of the molecule is COC(=O)[C@H]1C(=O)NC(SCC(=O)Nc2cc(Cl)cc(Cl)c2)=C(C#N)[C@@H]1c1ccccc1. The average Bonchev–Trinajstić information content (AvgIpc) is 2.76. The highest BCUT2D eigenvalue weighted by molar-refractivity contribution is 8.03. The molecule has 0 saturated heterocycles. The first-order chi connectivity index (χ1) is 15.3. The summed E-state index contributed by atoms with van der Waals surface area (Å²) in [5.41, 5.74) is 1.21. The van der Waals surface area contributed by atoms with Crippen molar-refractivity contribution in [1.82, 2.24) is 5.32 Å². The number of anilines is 1. The van der Waals surface area contributed by atoms with Gasteiger partial charge in [-0.15, -0.1) is 0 Å². The van der Waals surface area contributed by atoms with Gasteiger partial charge in [-0.25, -0.2) is 0 Å². The molecule has 3 rings (SSSR count). The van der Waals surface area contributed by atoms with E-state index in [1.165, 1.54) is 13.2 Å². The number of amides is 2. The molecule has 7 nitrogen and oxygen atoms in total. The first-order valence-corrected chi connectivity index (χ1v) is 11.0. The third-order valence-electron chi connectivity index (χ3n) is 4.64. The second-order valence-corrected chi connectivity index (χ2v) is 8.59. The molecule has 0 aliphatic carbocycles. The maximum absolute atomic E-state index is 12.8. The van der Waals surface area contributed by atoms with Gasteiger partial charge in [-0.05, 0) is 23.8 Å². The maximum atomic E-state index is 12.8. The van der Waals surface area contributed by atoms with E-state index in [9.17, 15) is 19.6 Å². The summed E-state index contributed by atoms with van der Waals surface area (Å²) in [7, 11) is 1.18. The van der Waals surface area contributed by atoms with Crippen molar-refractivity contribution in [3.05, 3.63) is 74.7 Å². The summed E-state index contributed by atoms with van der Waals surface area (Å²) in [6.07, 6.45) is 0. The average molecular weight is 490 g/mol. The fourth-order valence-electron chi connectivity index (χ4n) is 3.30. The van der Waals surface area contributed by atoms with Gasteiger partial charge in [-0.1, -0.05) is 65.3 Å². The van der Waals surface area contributed by atoms with Crippen molar-refractivity contribution >= 4 is 58.4 Å². The van der Waals surface area contributed by atoms with Crippen molar-refractivity contribution in [2.24, 2.45) is 5.92 Å². The highest BCUT2D eigenvalue weighted by Crippen LogP contribution is 2.40. The molecule has 2 N–H and O–H groups in total. The summed E-state index contributed by atoms with van der Waals surface area (Å²) in [6, 6.07) is 15.5. The lowest BCUT2D eigenvalue weighted by Crippen LogP contribution is -2.44. The van der Waals surface area contributed by atoms with Gasteiger partial charge < -0.3 is 15.4 Å². The Morgan fingerprint density at radius 1 is 1.19 bits per heavy atom. The summed E-state index contributed by atoms with van der Waals surface area (Å²) >= 11 is 12.9. The van der Waals surface area contributed by atoms with Crippen LogP contribution in [-0.4, -0.2) is 30.6 Å². The predicted molar refractivity (Wildman–Crippen MR) is 123 cm³/mol. The van der Waals surface area contributed by atoms with Crippen molar-refractivity contribution in [1.29, 1.82) is 5.26 Å². The Hall–Kier alpha value is -2.99. The van der Waals surface area contributed by atoms with E-state index in [1.54, 1.807) is 42.5 Å². The molecule has 0 unspecified atom stereocenters. The molecule has 0 saturated carbocycles. The third kappa shape index (κ3) is 5.43. The zero-order chi connectivity index (χ0) is 23.3. The predicted octanol–water partition coefficient (Wildman–Crippen LogP) is 4.10. The van der Waals surface area contributed by atoms with Crippen LogP contribution in [0.25, 0.3) is 0 Å². The molecular weight excluding hydrogens is 473 g/mol. The standard InChI is InChI=1S/C22H17Cl2N3O4S/c1-31-22(30)19-18(12-5-3-2-4-6-12)16(10-25)21(27-20(19)29)32-11-17(28)26-15-8-13(23)7-14(24)9-15/h2-9,18-19H,11H2,1H3,(H,26,28)(H,27,29)/t18-,19+/m0/s1. The van der Waals surface area contributed by atoms with E-state index < -0.39 is 29.6 Å². The van der Waals surface area contributed by atoms with Gasteiger partial charge in [0.1, 0.15) is 5.92 Å². The Labute approximate surface area is 198 Å². The molecule has 2 amide bonds. The van der Waals surface area contributed by atoms with Gasteiger partial charge in [0.2, 0.25) is 11.8 Å². The Morgan fingerprint density at radius 3 is 2.44 bits per heavy atom. The second kappa shape index (κ2) is 10.6. The van der Waals surface area contributed by atoms with Crippen LogP contribution in [0.15, 0.2) is 59.1 Å². The summed E-state index contributed by atoms with van der Waals surface area (Å²) < 4.78 is 4.80. The lowest BCUT2D eigenvalue weighted by molar-refractivity contribution is -0.150. The smallest absolute Gasteiger partial charge is 0.319 e. The van der Waals surface area contributed by atoms with Crippen LogP contribution in [0.2, 0.25) is 10.0 Å². The zero-order valence-electron chi connectivity index (χ0n) is 16.7. The number of carbonyl (C=O) groups is 3. The molecular formula is C22H17Cl2N3O4S. The number of methoxy groups -OCH3 is 1. The van der Waals surface area contributed by atoms with Crippen LogP contribution in [0, 0.1) is 17.2 Å². The van der Waals surface area contributed by atoms with Gasteiger partial charge >= 0.3 is 5.97 Å². The van der Waals surface area contributed by atoms with E-state index in [2.05, 4.69) is 16.7 Å². The molecule has 0 aromatic heterocycles. The molecule has 2 aromatic rings. The number of halogens is 2. The number of hydrogen-bond donors (Lipinski definition) is 2. The quantitative estimate of drug-likeness (QED) is 0.466. The van der Waals surface area contributed by atoms with Gasteiger partial charge in [0.05, 0.1) is 29.5 Å². The summed E-state index contributed by atoms with van der Waals surface area (Å²) in [5, 5.41) is 16.1. The van der Waals surface area contributed by atoms with E-state index in [-0.39, 0.29) is 16.4 Å². The Morgan fingerprint density at radius 2 is 1.84 bits per heavy atom. The number of benzene rings is 2. The van der Waals surface area contributed by atoms with Crippen molar-refractivity contribution in [3.63, 3.8) is 0 Å². The van der Waals surface area contributed by atoms with Crippen LogP contribution in [0.5, 0.6) is 0 Å². The minimum Gasteiger partial charge on any atom is -0.468 e. The molecule has 2 aromatic carbocycles. The number of allylic oxidation sites excluding steroid dienone is 1. The number of rotatable bonds is 6. The number of hydrogen-bond acceptors (Lipinski definition) is 6. The molecule has 0 spiro atoms. The number of nitrogens with one attached hydrogen (secondary N) is 2. The van der Waals surface area contributed by atoms with Gasteiger partial charge in [0.15, 0.2) is 0 Å². The molecule has 0 bridgehead atoms. The number of carbonyl (C=O) groups excluding carboxylic acids is 3. The largest absolute Gasteiger partial charge is 0.468 e. The molecule has 1 heterocycles. The monoisotopic (exact) mass is 489 g/mol. The molecule has 1 aliphatic heterocycles. The van der Waals surface area contributed by atoms with Crippen LogP contribution >= 0.6 is 35.0 Å². The molecule has 1 aliphatic rings. The van der Waals surface area contributed by atoms with E-state index in [4.69, 9.17) is 27.9 Å². The summed E-state index contributed by atoms with van der Waals surface area (Å²) in [5.74, 6) is -3.89. The first-order valence-electron chi connectivity index (χ1n) is 9.30. The van der Waals surface area contributed by atoms with E-state index in [1.807, 2.05) is 0 Å². The summed E-state index contributed by atoms with van der Waals surface area (Å²) in [6.45, 7) is 0. The number of ether oxygens (including phenoxy) is 1. The van der Waals surface area contributed by atoms with E-state index >= 15 is 0 Å². The van der Waals surface area contributed by atoms with Crippen LogP contribution in [0.4, 0.5) is 5.69 Å². The van der Waals surface area contributed by atoms with Gasteiger partial charge in [0, 0.05) is 21.7 Å².